The van der Waals surface area contributed by atoms with Crippen LogP contribution in [-0.2, 0) is 5.41 Å². The number of thioether (sulfide) groups is 1. The smallest absolute Gasteiger partial charge is 0.164 e. The molecule has 0 saturated heterocycles. The molecule has 1 atom stereocenters. The highest BCUT2D eigenvalue weighted by Gasteiger charge is 2.52. The van der Waals surface area contributed by atoms with Gasteiger partial charge in [-0.1, -0.05) is 151 Å². The maximum absolute atomic E-state index is 5.16. The van der Waals surface area contributed by atoms with E-state index in [0.717, 1.165) is 46.0 Å². The van der Waals surface area contributed by atoms with Crippen LogP contribution in [0.2, 0.25) is 0 Å². The van der Waals surface area contributed by atoms with Crippen molar-refractivity contribution in [2.45, 2.75) is 23.2 Å². The molecule has 254 valence electrons. The van der Waals surface area contributed by atoms with Crippen molar-refractivity contribution in [2.24, 2.45) is 0 Å². The Kier molecular flexibility index (Phi) is 7.11. The SMILES string of the molecule is C1=C2Sc3ccccc3C3(C2=CCC1)c1cc(-c2nc(-c4ccccc4)nc(-c4ccccc4)n2)ccc1-c1ccc(-c2cccc4cccnc24)cc13. The van der Waals surface area contributed by atoms with E-state index in [0.29, 0.717) is 17.5 Å². The second kappa shape index (κ2) is 12.3. The standard InChI is InChI=1S/C49H32N4S/c1-3-13-32(14-4-1)46-51-47(33-15-5-2-6-16-33)53-48(52-46)35-25-27-38-37-26-24-34(36-19-11-17-31-18-12-28-50-45(31)36)29-41(37)49(42(38)30-35)39-20-7-9-22-43(39)54-44-23-10-8-21-40(44)49/h1-7,9,11-30H,8,10H2. The van der Waals surface area contributed by atoms with Crippen LogP contribution >= 0.6 is 11.8 Å². The lowest BCUT2D eigenvalue weighted by Crippen LogP contribution is -2.34. The fraction of sp³-hybridized carbons (Fsp3) is 0.0612. The van der Waals surface area contributed by atoms with E-state index in [4.69, 9.17) is 19.9 Å². The average Bonchev–Trinajstić information content (AvgIpc) is 3.53. The molecule has 6 aromatic carbocycles. The van der Waals surface area contributed by atoms with E-state index in [-0.39, 0.29) is 0 Å². The molecule has 3 heterocycles. The fourth-order valence-corrected chi connectivity index (χ4v) is 9.96. The molecular weight excluding hydrogens is 677 g/mol. The minimum atomic E-state index is -0.527. The number of hydrogen-bond donors (Lipinski definition) is 0. The lowest BCUT2D eigenvalue weighted by molar-refractivity contribution is 0.724. The number of benzene rings is 6. The Labute approximate surface area is 318 Å². The van der Waals surface area contributed by atoms with E-state index in [2.05, 4.69) is 121 Å². The van der Waals surface area contributed by atoms with Crippen LogP contribution in [0.4, 0.5) is 0 Å². The average molecular weight is 709 g/mol. The number of pyridine rings is 1. The molecule has 1 aliphatic heterocycles. The van der Waals surface area contributed by atoms with Crippen LogP contribution < -0.4 is 0 Å². The highest BCUT2D eigenvalue weighted by atomic mass is 32.2. The lowest BCUT2D eigenvalue weighted by atomic mass is 9.65. The first-order valence-electron chi connectivity index (χ1n) is 18.4. The maximum Gasteiger partial charge on any atom is 0.164 e. The number of nitrogens with zero attached hydrogens (tertiary/aromatic N) is 4. The fourth-order valence-electron chi connectivity index (χ4n) is 8.70. The largest absolute Gasteiger partial charge is 0.256 e. The summed E-state index contributed by atoms with van der Waals surface area (Å²) in [6.07, 6.45) is 8.89. The van der Waals surface area contributed by atoms with Gasteiger partial charge >= 0.3 is 0 Å². The van der Waals surface area contributed by atoms with Crippen molar-refractivity contribution >= 4 is 22.7 Å². The number of para-hydroxylation sites is 1. The normalized spacial score (nSPS) is 16.6. The highest BCUT2D eigenvalue weighted by molar-refractivity contribution is 8.03. The monoisotopic (exact) mass is 708 g/mol. The Bertz CT molecular complexity index is 2800. The Morgan fingerprint density at radius 2 is 1.07 bits per heavy atom. The summed E-state index contributed by atoms with van der Waals surface area (Å²) in [6, 6.07) is 54.0. The first-order valence-corrected chi connectivity index (χ1v) is 19.3. The van der Waals surface area contributed by atoms with Crippen molar-refractivity contribution in [2.75, 3.05) is 0 Å². The van der Waals surface area contributed by atoms with E-state index in [1.165, 1.54) is 48.8 Å². The summed E-state index contributed by atoms with van der Waals surface area (Å²) in [4.78, 5) is 22.8. The third-order valence-electron chi connectivity index (χ3n) is 11.1. The summed E-state index contributed by atoms with van der Waals surface area (Å²) < 4.78 is 0. The summed E-state index contributed by atoms with van der Waals surface area (Å²) in [5.41, 5.74) is 13.4. The van der Waals surface area contributed by atoms with E-state index >= 15 is 0 Å². The molecule has 0 amide bonds. The third kappa shape index (κ3) is 4.71. The van der Waals surface area contributed by atoms with Gasteiger partial charge in [0.2, 0.25) is 0 Å². The van der Waals surface area contributed by atoms with Crippen LogP contribution in [0.25, 0.3) is 67.3 Å². The molecule has 3 aliphatic rings. The number of allylic oxidation sites excluding steroid dienone is 3. The van der Waals surface area contributed by atoms with Gasteiger partial charge in [0.1, 0.15) is 0 Å². The zero-order valence-electron chi connectivity index (χ0n) is 29.3. The van der Waals surface area contributed by atoms with Crippen LogP contribution in [0.5, 0.6) is 0 Å². The second-order valence-corrected chi connectivity index (χ2v) is 15.1. The van der Waals surface area contributed by atoms with Gasteiger partial charge in [-0.15, -0.1) is 0 Å². The molecule has 4 nitrogen and oxygen atoms in total. The molecule has 54 heavy (non-hydrogen) atoms. The van der Waals surface area contributed by atoms with Crippen molar-refractivity contribution in [1.29, 1.82) is 0 Å². The Morgan fingerprint density at radius 1 is 0.463 bits per heavy atom. The zero-order valence-corrected chi connectivity index (χ0v) is 30.1. The van der Waals surface area contributed by atoms with Gasteiger partial charge in [0.25, 0.3) is 0 Å². The first-order chi connectivity index (χ1) is 26.8. The van der Waals surface area contributed by atoms with Crippen LogP contribution in [-0.4, -0.2) is 19.9 Å². The van der Waals surface area contributed by atoms with E-state index in [1.807, 2.05) is 60.4 Å². The van der Waals surface area contributed by atoms with Crippen molar-refractivity contribution in [3.05, 3.63) is 197 Å². The molecule has 2 aromatic heterocycles. The van der Waals surface area contributed by atoms with Gasteiger partial charge in [-0.05, 0) is 76.1 Å². The summed E-state index contributed by atoms with van der Waals surface area (Å²) in [5.74, 6) is 1.97. The molecule has 0 bridgehead atoms. The molecule has 1 unspecified atom stereocenters. The molecule has 0 saturated carbocycles. The molecule has 0 radical (unpaired) electrons. The van der Waals surface area contributed by atoms with Crippen LogP contribution in [0.1, 0.15) is 29.5 Å². The van der Waals surface area contributed by atoms with Crippen LogP contribution in [0.3, 0.4) is 0 Å². The molecule has 0 N–H and O–H groups in total. The van der Waals surface area contributed by atoms with Gasteiger partial charge in [0.05, 0.1) is 10.9 Å². The van der Waals surface area contributed by atoms with Gasteiger partial charge in [-0.25, -0.2) is 15.0 Å². The topological polar surface area (TPSA) is 51.6 Å². The van der Waals surface area contributed by atoms with Crippen LogP contribution in [0.15, 0.2) is 185 Å². The minimum absolute atomic E-state index is 0.527. The quantitative estimate of drug-likeness (QED) is 0.182. The van der Waals surface area contributed by atoms with Gasteiger partial charge in [0.15, 0.2) is 17.5 Å². The number of fused-ring (bicyclic) bond motifs is 10. The predicted molar refractivity (Wildman–Crippen MR) is 220 cm³/mol. The number of aromatic nitrogens is 4. The summed E-state index contributed by atoms with van der Waals surface area (Å²) >= 11 is 1.90. The highest BCUT2D eigenvalue weighted by Crippen LogP contribution is 2.65. The molecule has 1 spiro atoms. The summed E-state index contributed by atoms with van der Waals surface area (Å²) in [6.45, 7) is 0. The van der Waals surface area contributed by atoms with E-state index in [9.17, 15) is 0 Å². The molecule has 2 aliphatic carbocycles. The van der Waals surface area contributed by atoms with Gasteiger partial charge < -0.3 is 0 Å². The molecular formula is C49H32N4S. The molecule has 5 heteroatoms. The lowest BCUT2D eigenvalue weighted by Gasteiger charge is -2.42. The van der Waals surface area contributed by atoms with E-state index < -0.39 is 5.41 Å². The molecule has 11 rings (SSSR count). The number of rotatable bonds is 4. The van der Waals surface area contributed by atoms with Gasteiger partial charge in [-0.3, -0.25) is 4.98 Å². The van der Waals surface area contributed by atoms with Crippen molar-refractivity contribution in [3.8, 4) is 56.4 Å². The molecule has 8 aromatic rings. The van der Waals surface area contributed by atoms with E-state index in [1.54, 1.807) is 0 Å². The minimum Gasteiger partial charge on any atom is -0.256 e. The molecule has 0 fully saturated rings. The first kappa shape index (κ1) is 31.1. The van der Waals surface area contributed by atoms with Crippen molar-refractivity contribution in [1.82, 2.24) is 19.9 Å². The Balaban J connectivity index is 1.19. The van der Waals surface area contributed by atoms with Crippen molar-refractivity contribution < 1.29 is 0 Å². The number of hydrogen-bond acceptors (Lipinski definition) is 5. The van der Waals surface area contributed by atoms with Gasteiger partial charge in [0, 0.05) is 43.6 Å². The second-order valence-electron chi connectivity index (χ2n) is 14.1. The summed E-state index contributed by atoms with van der Waals surface area (Å²) in [5, 5.41) is 1.14. The van der Waals surface area contributed by atoms with Gasteiger partial charge in [-0.2, -0.15) is 0 Å². The van der Waals surface area contributed by atoms with Crippen molar-refractivity contribution in [3.63, 3.8) is 0 Å². The Morgan fingerprint density at radius 3 is 1.81 bits per heavy atom. The maximum atomic E-state index is 5.16. The Hall–Kier alpha value is -6.43. The zero-order chi connectivity index (χ0) is 35.6. The summed E-state index contributed by atoms with van der Waals surface area (Å²) in [7, 11) is 0. The third-order valence-corrected chi connectivity index (χ3v) is 12.2. The predicted octanol–water partition coefficient (Wildman–Crippen LogP) is 12.1. The van der Waals surface area contributed by atoms with Crippen LogP contribution in [0, 0.1) is 0 Å².